The van der Waals surface area contributed by atoms with Crippen LogP contribution in [0.5, 0.6) is 0 Å². The standard InChI is InChI=1S/C11H22N2O6/c14-5-1-3-12(8-16)10(18)7-11(19)13(9-17)4-2-6-15/h14-17H,1-9H2. The lowest BCUT2D eigenvalue weighted by Gasteiger charge is -2.23. The summed E-state index contributed by atoms with van der Waals surface area (Å²) in [6, 6.07) is 0. The van der Waals surface area contributed by atoms with E-state index in [2.05, 4.69) is 0 Å². The van der Waals surface area contributed by atoms with Gasteiger partial charge >= 0.3 is 0 Å². The van der Waals surface area contributed by atoms with Crippen LogP contribution in [0.1, 0.15) is 19.3 Å². The number of aliphatic hydroxyl groups excluding tert-OH is 4. The van der Waals surface area contributed by atoms with Crippen LogP contribution in [0.25, 0.3) is 0 Å². The fourth-order valence-corrected chi connectivity index (χ4v) is 1.42. The Bertz CT molecular complexity index is 248. The first kappa shape index (κ1) is 17.8. The minimum atomic E-state index is -0.566. The van der Waals surface area contributed by atoms with E-state index in [1.807, 2.05) is 0 Å². The van der Waals surface area contributed by atoms with Crippen LogP contribution in [-0.4, -0.2) is 81.8 Å². The molecule has 0 aromatic heterocycles. The fraction of sp³-hybridized carbons (Fsp3) is 0.818. The summed E-state index contributed by atoms with van der Waals surface area (Å²) in [6.45, 7) is -0.957. The molecule has 0 saturated heterocycles. The van der Waals surface area contributed by atoms with Gasteiger partial charge < -0.3 is 30.2 Å². The fourth-order valence-electron chi connectivity index (χ4n) is 1.42. The molecule has 0 aliphatic rings. The lowest BCUT2D eigenvalue weighted by molar-refractivity contribution is -0.144. The Hall–Kier alpha value is -1.22. The Kier molecular flexibility index (Phi) is 9.99. The summed E-state index contributed by atoms with van der Waals surface area (Å²) in [5.41, 5.74) is 0. The molecule has 0 aliphatic heterocycles. The van der Waals surface area contributed by atoms with Crippen molar-refractivity contribution in [2.24, 2.45) is 0 Å². The van der Waals surface area contributed by atoms with Crippen molar-refractivity contribution in [3.8, 4) is 0 Å². The lowest BCUT2D eigenvalue weighted by atomic mass is 10.3. The van der Waals surface area contributed by atoms with Crippen molar-refractivity contribution >= 4 is 11.8 Å². The molecule has 0 aliphatic carbocycles. The van der Waals surface area contributed by atoms with Gasteiger partial charge in [-0.25, -0.2) is 0 Å². The Morgan fingerprint density at radius 3 is 1.37 bits per heavy atom. The predicted octanol–water partition coefficient (Wildman–Crippen LogP) is -2.30. The number of aliphatic hydroxyl groups is 4. The third-order valence-electron chi connectivity index (χ3n) is 2.52. The molecule has 0 rings (SSSR count). The second-order valence-electron chi connectivity index (χ2n) is 3.93. The Balaban J connectivity index is 4.30. The van der Waals surface area contributed by atoms with E-state index < -0.39 is 31.7 Å². The molecule has 0 bridgehead atoms. The SMILES string of the molecule is O=C(CC(=O)N(CO)CCCO)N(CO)CCCO. The van der Waals surface area contributed by atoms with Crippen LogP contribution in [-0.2, 0) is 9.59 Å². The molecule has 0 heterocycles. The summed E-state index contributed by atoms with van der Waals surface area (Å²) in [4.78, 5) is 25.5. The van der Waals surface area contributed by atoms with E-state index in [1.54, 1.807) is 0 Å². The van der Waals surface area contributed by atoms with Crippen molar-refractivity contribution in [3.63, 3.8) is 0 Å². The molecule has 0 radical (unpaired) electrons. The third-order valence-corrected chi connectivity index (χ3v) is 2.52. The number of carbonyl (C=O) groups excluding carboxylic acids is 2. The van der Waals surface area contributed by atoms with Crippen LogP contribution in [0, 0.1) is 0 Å². The van der Waals surface area contributed by atoms with E-state index in [1.165, 1.54) is 0 Å². The van der Waals surface area contributed by atoms with Crippen LogP contribution in [0.3, 0.4) is 0 Å². The summed E-state index contributed by atoms with van der Waals surface area (Å²) >= 11 is 0. The smallest absolute Gasteiger partial charge is 0.233 e. The average molecular weight is 278 g/mol. The molecular formula is C11H22N2O6. The number of hydrogen-bond acceptors (Lipinski definition) is 6. The molecule has 2 amide bonds. The zero-order valence-electron chi connectivity index (χ0n) is 10.9. The van der Waals surface area contributed by atoms with Gasteiger partial charge in [0, 0.05) is 26.3 Å². The first-order chi connectivity index (χ1) is 9.10. The van der Waals surface area contributed by atoms with Gasteiger partial charge in [-0.1, -0.05) is 0 Å². The maximum Gasteiger partial charge on any atom is 0.233 e. The highest BCUT2D eigenvalue weighted by atomic mass is 16.3. The van der Waals surface area contributed by atoms with E-state index in [-0.39, 0.29) is 26.3 Å². The van der Waals surface area contributed by atoms with E-state index in [4.69, 9.17) is 20.4 Å². The minimum absolute atomic E-state index is 0.114. The largest absolute Gasteiger partial charge is 0.396 e. The molecule has 8 heteroatoms. The van der Waals surface area contributed by atoms with Crippen molar-refractivity contribution in [3.05, 3.63) is 0 Å². The Morgan fingerprint density at radius 1 is 0.737 bits per heavy atom. The van der Waals surface area contributed by atoms with Crippen molar-refractivity contribution in [2.75, 3.05) is 39.8 Å². The molecule has 0 aromatic carbocycles. The Morgan fingerprint density at radius 2 is 1.11 bits per heavy atom. The molecule has 8 nitrogen and oxygen atoms in total. The quantitative estimate of drug-likeness (QED) is 0.263. The van der Waals surface area contributed by atoms with Crippen molar-refractivity contribution < 1.29 is 30.0 Å². The molecular weight excluding hydrogens is 256 g/mol. The maximum absolute atomic E-state index is 11.7. The molecule has 0 atom stereocenters. The summed E-state index contributed by atoms with van der Waals surface area (Å²) < 4.78 is 0. The van der Waals surface area contributed by atoms with Crippen molar-refractivity contribution in [1.29, 1.82) is 0 Å². The van der Waals surface area contributed by atoms with E-state index in [0.717, 1.165) is 9.80 Å². The van der Waals surface area contributed by atoms with Gasteiger partial charge in [-0.3, -0.25) is 9.59 Å². The van der Waals surface area contributed by atoms with Gasteiger partial charge in [-0.15, -0.1) is 0 Å². The predicted molar refractivity (Wildman–Crippen MR) is 65.6 cm³/mol. The van der Waals surface area contributed by atoms with Crippen LogP contribution in [0.15, 0.2) is 0 Å². The van der Waals surface area contributed by atoms with Gasteiger partial charge in [0.25, 0.3) is 0 Å². The second-order valence-corrected chi connectivity index (χ2v) is 3.93. The number of carbonyl (C=O) groups is 2. The molecule has 4 N–H and O–H groups in total. The van der Waals surface area contributed by atoms with Gasteiger partial charge in [0.1, 0.15) is 19.9 Å². The summed E-state index contributed by atoms with van der Waals surface area (Å²) in [5, 5.41) is 35.3. The minimum Gasteiger partial charge on any atom is -0.396 e. The second kappa shape index (κ2) is 10.7. The number of nitrogens with zero attached hydrogens (tertiary/aromatic N) is 2. The van der Waals surface area contributed by atoms with Gasteiger partial charge in [0.2, 0.25) is 11.8 Å². The van der Waals surface area contributed by atoms with Gasteiger partial charge in [-0.05, 0) is 12.8 Å². The van der Waals surface area contributed by atoms with Crippen LogP contribution in [0.4, 0.5) is 0 Å². The molecule has 19 heavy (non-hydrogen) atoms. The van der Waals surface area contributed by atoms with Gasteiger partial charge in [-0.2, -0.15) is 0 Å². The first-order valence-corrected chi connectivity index (χ1v) is 6.09. The Labute approximate surface area is 111 Å². The van der Waals surface area contributed by atoms with E-state index in [0.29, 0.717) is 12.8 Å². The first-order valence-electron chi connectivity index (χ1n) is 6.09. The highest BCUT2D eigenvalue weighted by Crippen LogP contribution is 2.01. The molecule has 0 saturated carbocycles. The molecule has 0 unspecified atom stereocenters. The van der Waals surface area contributed by atoms with E-state index in [9.17, 15) is 9.59 Å². The molecule has 0 fully saturated rings. The molecule has 112 valence electrons. The van der Waals surface area contributed by atoms with Crippen molar-refractivity contribution in [1.82, 2.24) is 9.80 Å². The van der Waals surface area contributed by atoms with Crippen LogP contribution >= 0.6 is 0 Å². The van der Waals surface area contributed by atoms with Gasteiger partial charge in [0.05, 0.1) is 0 Å². The zero-order valence-corrected chi connectivity index (χ0v) is 10.9. The monoisotopic (exact) mass is 278 g/mol. The topological polar surface area (TPSA) is 122 Å². The number of rotatable bonds is 10. The third kappa shape index (κ3) is 7.06. The molecule has 0 spiro atoms. The summed E-state index contributed by atoms with van der Waals surface area (Å²) in [6.07, 6.45) is 0.168. The van der Waals surface area contributed by atoms with E-state index >= 15 is 0 Å². The zero-order chi connectivity index (χ0) is 14.7. The average Bonchev–Trinajstić information content (AvgIpc) is 2.40. The van der Waals surface area contributed by atoms with Gasteiger partial charge in [0.15, 0.2) is 0 Å². The van der Waals surface area contributed by atoms with Crippen LogP contribution < -0.4 is 0 Å². The molecule has 0 aromatic rings. The normalized spacial score (nSPS) is 10.3. The maximum atomic E-state index is 11.7. The highest BCUT2D eigenvalue weighted by Gasteiger charge is 2.20. The number of amides is 2. The highest BCUT2D eigenvalue weighted by molar-refractivity contribution is 5.96. The lowest BCUT2D eigenvalue weighted by Crippen LogP contribution is -2.40. The number of hydrogen-bond donors (Lipinski definition) is 4. The van der Waals surface area contributed by atoms with Crippen molar-refractivity contribution in [2.45, 2.75) is 19.3 Å². The summed E-state index contributed by atoms with van der Waals surface area (Å²) in [5.74, 6) is -1.13. The van der Waals surface area contributed by atoms with Crippen LogP contribution in [0.2, 0.25) is 0 Å². The summed E-state index contributed by atoms with van der Waals surface area (Å²) in [7, 11) is 0.